The lowest BCUT2D eigenvalue weighted by atomic mass is 9.66. The van der Waals surface area contributed by atoms with Crippen molar-refractivity contribution in [3.8, 4) is 11.1 Å². The molecule has 0 aliphatic carbocycles. The highest BCUT2D eigenvalue weighted by Gasteiger charge is 2.33. The quantitative estimate of drug-likeness (QED) is 0.0648. The van der Waals surface area contributed by atoms with Crippen molar-refractivity contribution in [2.24, 2.45) is 23.5 Å². The Labute approximate surface area is 348 Å². The highest BCUT2D eigenvalue weighted by atomic mass is 16.3. The van der Waals surface area contributed by atoms with Crippen molar-refractivity contribution >= 4 is 53.7 Å². The minimum atomic E-state index is -1.21. The van der Waals surface area contributed by atoms with Crippen LogP contribution in [0.2, 0.25) is 13.1 Å². The Kier molecular flexibility index (Phi) is 21.1. The van der Waals surface area contributed by atoms with Crippen molar-refractivity contribution < 1.29 is 48.5 Å². The smallest absolute Gasteiger partial charge is 0.286 e. The number of rotatable bonds is 27. The van der Waals surface area contributed by atoms with Crippen LogP contribution in [-0.4, -0.2) is 100 Å². The van der Waals surface area contributed by atoms with E-state index in [0.29, 0.717) is 5.56 Å². The number of hydrogen-bond acceptors (Lipinski definition) is 10. The summed E-state index contributed by atoms with van der Waals surface area (Å²) in [6.45, 7) is 8.66. The minimum Gasteiger partial charge on any atom is -0.451 e. The van der Waals surface area contributed by atoms with Crippen molar-refractivity contribution in [2.75, 3.05) is 13.7 Å². The molecule has 15 heteroatoms. The van der Waals surface area contributed by atoms with Gasteiger partial charge in [0.25, 0.3) is 6.92 Å². The van der Waals surface area contributed by atoms with E-state index in [-0.39, 0.29) is 50.1 Å². The molecule has 2 aromatic carbocycles. The van der Waals surface area contributed by atoms with Crippen molar-refractivity contribution in [2.45, 2.75) is 124 Å². The van der Waals surface area contributed by atoms with Crippen LogP contribution in [0.1, 0.15) is 102 Å². The first-order valence-electron chi connectivity index (χ1n) is 20.5. The van der Waals surface area contributed by atoms with E-state index in [1.165, 1.54) is 38.2 Å². The summed E-state index contributed by atoms with van der Waals surface area (Å²) in [5.41, 5.74) is 8.87. The van der Waals surface area contributed by atoms with Crippen molar-refractivity contribution in [1.82, 2.24) is 15.5 Å². The summed E-state index contributed by atoms with van der Waals surface area (Å²) in [4.78, 5) is 104. The monoisotopic (exact) mass is 818 g/mol. The van der Waals surface area contributed by atoms with Crippen LogP contribution in [0, 0.1) is 17.8 Å². The fourth-order valence-electron chi connectivity index (χ4n) is 6.70. The number of primary amides is 1. The number of aliphatic hydroxyl groups is 1. The van der Waals surface area contributed by atoms with Gasteiger partial charge in [0.2, 0.25) is 23.6 Å². The molecule has 322 valence electrons. The van der Waals surface area contributed by atoms with Crippen LogP contribution in [0.15, 0.2) is 48.5 Å². The zero-order chi connectivity index (χ0) is 44.4. The number of carbonyl (C=O) groups excluding carboxylic acids is 8. The average Bonchev–Trinajstić information content (AvgIpc) is 3.19. The number of likely N-dealkylation sites (N-methyl/N-ethyl adjacent to an activating group) is 1. The summed E-state index contributed by atoms with van der Waals surface area (Å²) in [6.07, 6.45) is 1.77. The molecule has 0 aliphatic heterocycles. The molecular formula is C44H63BN4O10. The number of carbonyl (C=O) groups is 8. The van der Waals surface area contributed by atoms with E-state index >= 15 is 0 Å². The maximum Gasteiger partial charge on any atom is 0.286 e. The number of amides is 4. The molecule has 0 unspecified atom stereocenters. The highest BCUT2D eigenvalue weighted by Crippen LogP contribution is 2.23. The number of nitrogens with two attached hydrogens (primary N) is 1. The second kappa shape index (κ2) is 24.8. The Bertz CT molecular complexity index is 1760. The second-order valence-electron chi connectivity index (χ2n) is 15.9. The molecule has 0 fully saturated rings. The Hall–Kier alpha value is -5.02. The topological polar surface area (TPSA) is 230 Å². The van der Waals surface area contributed by atoms with Gasteiger partial charge in [-0.1, -0.05) is 89.5 Å². The fourth-order valence-corrected chi connectivity index (χ4v) is 6.70. The molecule has 4 amide bonds. The number of nitrogens with one attached hydrogen (secondary N) is 2. The molecule has 5 atom stereocenters. The molecule has 6 N–H and O–H groups in total. The van der Waals surface area contributed by atoms with E-state index < -0.39 is 90.9 Å². The van der Waals surface area contributed by atoms with E-state index in [1.807, 2.05) is 24.3 Å². The SMILES string of the molecule is CCCCc1ccc(-c2ccc(C(=O)C[C@H](CO)C(=O)N[C@H](C)C(=O)CCC(=O)N(C)[C@H](C(=O)C[C@@H](C)C(=O)N[C@@H](CC(N)=O)C(=O)CCB(C)O)C(C)C)cc2)cc1. The van der Waals surface area contributed by atoms with Gasteiger partial charge in [-0.3, -0.25) is 38.4 Å². The van der Waals surface area contributed by atoms with E-state index in [0.717, 1.165) is 30.4 Å². The molecule has 59 heavy (non-hydrogen) atoms. The third-order valence-corrected chi connectivity index (χ3v) is 10.4. The van der Waals surface area contributed by atoms with E-state index in [9.17, 15) is 48.5 Å². The number of hydrogen-bond donors (Lipinski definition) is 5. The van der Waals surface area contributed by atoms with Gasteiger partial charge < -0.3 is 31.4 Å². The largest absolute Gasteiger partial charge is 0.451 e. The summed E-state index contributed by atoms with van der Waals surface area (Å²) in [6, 6.07) is 12.1. The third kappa shape index (κ3) is 16.6. The summed E-state index contributed by atoms with van der Waals surface area (Å²) < 4.78 is 0. The van der Waals surface area contributed by atoms with Crippen LogP contribution in [-0.2, 0) is 40.0 Å². The Morgan fingerprint density at radius 2 is 1.36 bits per heavy atom. The lowest BCUT2D eigenvalue weighted by Gasteiger charge is -2.31. The first-order chi connectivity index (χ1) is 27.8. The van der Waals surface area contributed by atoms with Gasteiger partial charge in [0.05, 0.1) is 37.1 Å². The van der Waals surface area contributed by atoms with Gasteiger partial charge in [-0.2, -0.15) is 0 Å². The molecule has 0 saturated carbocycles. The molecule has 0 aliphatic rings. The molecule has 2 rings (SSSR count). The molecule has 0 bridgehead atoms. The Morgan fingerprint density at radius 1 is 0.763 bits per heavy atom. The summed E-state index contributed by atoms with van der Waals surface area (Å²) >= 11 is 0. The van der Waals surface area contributed by atoms with Crippen LogP contribution in [0.5, 0.6) is 0 Å². The number of ketones is 4. The van der Waals surface area contributed by atoms with Gasteiger partial charge in [0.15, 0.2) is 23.1 Å². The first kappa shape index (κ1) is 50.1. The number of benzene rings is 2. The minimum absolute atomic E-state index is 0.0884. The number of aliphatic hydroxyl groups excluding tert-OH is 1. The first-order valence-corrected chi connectivity index (χ1v) is 20.5. The maximum absolute atomic E-state index is 13.5. The van der Waals surface area contributed by atoms with Crippen molar-refractivity contribution in [1.29, 1.82) is 0 Å². The van der Waals surface area contributed by atoms with Crippen LogP contribution in [0.3, 0.4) is 0 Å². The molecule has 2 aromatic rings. The fraction of sp³-hybridized carbons (Fsp3) is 0.545. The molecule has 0 heterocycles. The van der Waals surface area contributed by atoms with Crippen LogP contribution < -0.4 is 16.4 Å². The zero-order valence-corrected chi connectivity index (χ0v) is 35.6. The second-order valence-corrected chi connectivity index (χ2v) is 15.9. The number of Topliss-reactive ketones (excluding diaryl/α,β-unsaturated/α-hetero) is 4. The summed E-state index contributed by atoms with van der Waals surface area (Å²) in [5, 5.41) is 24.5. The van der Waals surface area contributed by atoms with Gasteiger partial charge in [-0.25, -0.2) is 0 Å². The van der Waals surface area contributed by atoms with Crippen LogP contribution >= 0.6 is 0 Å². The summed E-state index contributed by atoms with van der Waals surface area (Å²) in [7, 11) is 1.43. The molecular weight excluding hydrogens is 755 g/mol. The van der Waals surface area contributed by atoms with Crippen LogP contribution in [0.25, 0.3) is 11.1 Å². The normalized spacial score (nSPS) is 13.7. The predicted octanol–water partition coefficient (Wildman–Crippen LogP) is 3.74. The predicted molar refractivity (Wildman–Crippen MR) is 226 cm³/mol. The highest BCUT2D eigenvalue weighted by molar-refractivity contribution is 6.48. The third-order valence-electron chi connectivity index (χ3n) is 10.4. The van der Waals surface area contributed by atoms with Gasteiger partial charge in [0, 0.05) is 50.6 Å². The van der Waals surface area contributed by atoms with Crippen molar-refractivity contribution in [3.05, 3.63) is 59.7 Å². The lowest BCUT2D eigenvalue weighted by Crippen LogP contribution is -2.48. The number of aryl methyl sites for hydroxylation is 1. The Balaban J connectivity index is 1.94. The van der Waals surface area contributed by atoms with Gasteiger partial charge in [-0.05, 0) is 48.7 Å². The van der Waals surface area contributed by atoms with E-state index in [1.54, 1.807) is 26.0 Å². The maximum atomic E-state index is 13.5. The molecule has 14 nitrogen and oxygen atoms in total. The van der Waals surface area contributed by atoms with Crippen LogP contribution in [0.4, 0.5) is 0 Å². The number of nitrogens with zero attached hydrogens (tertiary/aromatic N) is 1. The molecule has 0 aromatic heterocycles. The standard InChI is InChI=1S/C44H63BN4O10/c1-8-9-10-30-11-13-31(14-12-30)32-15-17-33(18-16-32)38(53)24-34(26-50)44(58)47-29(5)36(51)19-20-41(56)49(7)42(27(2)3)39(54)23-28(4)43(57)48-35(25-40(46)55)37(52)21-22-45(6)59/h11-18,27-29,34-35,42,50,59H,8-10,19-26H2,1-7H3,(H2,46,55)(H,47,58)(H,48,57)/t28-,29-,34-,35+,42+/m1/s1. The van der Waals surface area contributed by atoms with Crippen molar-refractivity contribution in [3.63, 3.8) is 0 Å². The molecule has 0 radical (unpaired) electrons. The lowest BCUT2D eigenvalue weighted by molar-refractivity contribution is -0.141. The van der Waals surface area contributed by atoms with E-state index in [4.69, 9.17) is 5.73 Å². The number of unbranched alkanes of at least 4 members (excludes halogenated alkanes) is 1. The van der Waals surface area contributed by atoms with Gasteiger partial charge >= 0.3 is 0 Å². The summed E-state index contributed by atoms with van der Waals surface area (Å²) in [5.74, 6) is -6.78. The zero-order valence-electron chi connectivity index (χ0n) is 35.6. The van der Waals surface area contributed by atoms with E-state index in [2.05, 4.69) is 29.7 Å². The average molecular weight is 819 g/mol. The Morgan fingerprint density at radius 3 is 1.88 bits per heavy atom. The molecule has 0 saturated heterocycles. The van der Waals surface area contributed by atoms with Gasteiger partial charge in [-0.15, -0.1) is 0 Å². The molecule has 0 spiro atoms. The van der Waals surface area contributed by atoms with Gasteiger partial charge in [0.1, 0.15) is 0 Å².